The molecule has 0 atom stereocenters. The van der Waals surface area contributed by atoms with Crippen LogP contribution < -0.4 is 0 Å². The van der Waals surface area contributed by atoms with Crippen LogP contribution in [-0.4, -0.2) is 15.0 Å². The van der Waals surface area contributed by atoms with Gasteiger partial charge < -0.3 is 9.97 Å². The Balaban J connectivity index is 2.05. The molecule has 3 heteroatoms. The first kappa shape index (κ1) is 20.7. The number of fused-ring (bicyclic) bond motifs is 6. The number of aromatic amines is 2. The first-order valence-electron chi connectivity index (χ1n) is 11.9. The summed E-state index contributed by atoms with van der Waals surface area (Å²) in [4.78, 5) is 12.6. The first-order valence-corrected chi connectivity index (χ1v) is 11.9. The van der Waals surface area contributed by atoms with Gasteiger partial charge in [-0.1, -0.05) is 40.0 Å². The normalized spacial score (nSPS) is 12.2. The van der Waals surface area contributed by atoms with Crippen molar-refractivity contribution in [3.63, 3.8) is 0 Å². The maximum Gasteiger partial charge on any atom is 0.0690 e. The van der Waals surface area contributed by atoms with E-state index in [2.05, 4.69) is 67.2 Å². The molecule has 0 amide bonds. The number of rotatable bonds is 9. The third-order valence-electron chi connectivity index (χ3n) is 6.27. The van der Waals surface area contributed by atoms with Crippen molar-refractivity contribution in [3.05, 3.63) is 52.3 Å². The van der Waals surface area contributed by atoms with Gasteiger partial charge in [-0.2, -0.15) is 0 Å². The summed E-state index contributed by atoms with van der Waals surface area (Å²) in [6.45, 7) is 6.78. The first-order chi connectivity index (χ1) is 14.7. The monoisotopic (exact) mass is 401 g/mol. The zero-order valence-corrected chi connectivity index (χ0v) is 18.8. The van der Waals surface area contributed by atoms with E-state index in [9.17, 15) is 0 Å². The molecule has 0 aliphatic carbocycles. The summed E-state index contributed by atoms with van der Waals surface area (Å²) in [6.07, 6.45) is 14.8. The molecule has 0 unspecified atom stereocenters. The number of hydrogen-bond donors (Lipinski definition) is 2. The Hall–Kier alpha value is -2.55. The number of nitrogens with zero attached hydrogens (tertiary/aromatic N) is 1. The highest BCUT2D eigenvalue weighted by molar-refractivity contribution is 5.82. The highest BCUT2D eigenvalue weighted by Gasteiger charge is 2.13. The van der Waals surface area contributed by atoms with Gasteiger partial charge in [-0.3, -0.25) is 0 Å². The molecular weight excluding hydrogens is 366 g/mol. The Morgan fingerprint density at radius 3 is 1.33 bits per heavy atom. The van der Waals surface area contributed by atoms with E-state index in [-0.39, 0.29) is 0 Å². The fourth-order valence-corrected chi connectivity index (χ4v) is 4.47. The average Bonchev–Trinajstić information content (AvgIpc) is 3.51. The van der Waals surface area contributed by atoms with Gasteiger partial charge in [-0.15, -0.1) is 0 Å². The minimum absolute atomic E-state index is 1.06. The topological polar surface area (TPSA) is 44.5 Å². The van der Waals surface area contributed by atoms with Gasteiger partial charge in [0.25, 0.3) is 0 Å². The van der Waals surface area contributed by atoms with Crippen molar-refractivity contribution in [2.45, 2.75) is 78.6 Å². The van der Waals surface area contributed by atoms with Crippen LogP contribution in [0, 0.1) is 0 Å². The predicted octanol–water partition coefficient (Wildman–Crippen LogP) is 7.68. The second-order valence-corrected chi connectivity index (χ2v) is 8.53. The van der Waals surface area contributed by atoms with Gasteiger partial charge in [-0.25, -0.2) is 4.98 Å². The van der Waals surface area contributed by atoms with E-state index in [1.807, 2.05) is 0 Å². The Bertz CT molecular complexity index is 1030. The van der Waals surface area contributed by atoms with Crippen LogP contribution in [0.1, 0.15) is 87.4 Å². The van der Waals surface area contributed by atoms with E-state index < -0.39 is 0 Å². The minimum atomic E-state index is 1.06. The van der Waals surface area contributed by atoms with Crippen LogP contribution in [0.5, 0.6) is 0 Å². The number of nitrogens with one attached hydrogen (secondary N) is 2. The van der Waals surface area contributed by atoms with Crippen LogP contribution in [-0.2, 0) is 19.3 Å². The molecule has 0 saturated heterocycles. The highest BCUT2D eigenvalue weighted by atomic mass is 14.8. The third kappa shape index (κ3) is 4.16. The minimum Gasteiger partial charge on any atom is -0.355 e. The number of aromatic nitrogens is 3. The van der Waals surface area contributed by atoms with Gasteiger partial charge in [-0.05, 0) is 80.5 Å². The van der Waals surface area contributed by atoms with Gasteiger partial charge in [0.1, 0.15) is 0 Å². The summed E-state index contributed by atoms with van der Waals surface area (Å²) in [7, 11) is 0. The molecule has 30 heavy (non-hydrogen) atoms. The molecule has 0 spiro atoms. The molecule has 3 nitrogen and oxygen atoms in total. The lowest BCUT2D eigenvalue weighted by Crippen LogP contribution is -1.94. The van der Waals surface area contributed by atoms with Crippen LogP contribution >= 0.6 is 0 Å². The van der Waals surface area contributed by atoms with Crippen LogP contribution in [0.15, 0.2) is 24.3 Å². The Kier molecular flexibility index (Phi) is 6.56. The van der Waals surface area contributed by atoms with E-state index in [0.29, 0.717) is 0 Å². The van der Waals surface area contributed by atoms with E-state index >= 15 is 0 Å². The predicted molar refractivity (Wildman–Crippen MR) is 130 cm³/mol. The van der Waals surface area contributed by atoms with E-state index in [1.165, 1.54) is 77.3 Å². The Morgan fingerprint density at radius 1 is 0.567 bits per heavy atom. The fourth-order valence-electron chi connectivity index (χ4n) is 4.47. The van der Waals surface area contributed by atoms with Crippen molar-refractivity contribution < 1.29 is 0 Å². The Morgan fingerprint density at radius 2 is 0.933 bits per heavy atom. The summed E-state index contributed by atoms with van der Waals surface area (Å²) < 4.78 is 0. The molecule has 3 aromatic rings. The molecule has 158 valence electrons. The largest absolute Gasteiger partial charge is 0.355 e. The van der Waals surface area contributed by atoms with Crippen molar-refractivity contribution in [2.24, 2.45) is 0 Å². The summed E-state index contributed by atoms with van der Waals surface area (Å²) >= 11 is 0. The molecule has 0 saturated carbocycles. The smallest absolute Gasteiger partial charge is 0.0690 e. The quantitative estimate of drug-likeness (QED) is 0.297. The SMILES string of the molecule is CCCCc1c2nc(c(CCCC)c3ccc([nH]3)c(CCCC)c3ccc1[nH]3)C=C2. The van der Waals surface area contributed by atoms with Crippen molar-refractivity contribution >= 4 is 34.2 Å². The van der Waals surface area contributed by atoms with Crippen molar-refractivity contribution in [3.8, 4) is 0 Å². The molecular formula is C27H35N3. The van der Waals surface area contributed by atoms with E-state index in [0.717, 1.165) is 30.7 Å². The summed E-state index contributed by atoms with van der Waals surface area (Å²) in [5.41, 5.74) is 11.3. The number of H-pyrrole nitrogens is 2. The van der Waals surface area contributed by atoms with Gasteiger partial charge in [0.2, 0.25) is 0 Å². The van der Waals surface area contributed by atoms with Crippen LogP contribution in [0.3, 0.4) is 0 Å². The van der Waals surface area contributed by atoms with E-state index in [1.54, 1.807) is 0 Å². The second kappa shape index (κ2) is 9.51. The molecule has 4 heterocycles. The maximum absolute atomic E-state index is 5.13. The maximum atomic E-state index is 5.13. The van der Waals surface area contributed by atoms with Crippen LogP contribution in [0.4, 0.5) is 0 Å². The number of hydrogen-bond acceptors (Lipinski definition) is 1. The summed E-state index contributed by atoms with van der Waals surface area (Å²) in [6, 6.07) is 9.03. The molecule has 2 N–H and O–H groups in total. The van der Waals surface area contributed by atoms with Gasteiger partial charge in [0.15, 0.2) is 0 Å². The van der Waals surface area contributed by atoms with Gasteiger partial charge in [0, 0.05) is 33.2 Å². The summed E-state index contributed by atoms with van der Waals surface area (Å²) in [5.74, 6) is 0. The lowest BCUT2D eigenvalue weighted by atomic mass is 10.1. The van der Waals surface area contributed by atoms with E-state index in [4.69, 9.17) is 4.98 Å². The highest BCUT2D eigenvalue weighted by Crippen LogP contribution is 2.28. The van der Waals surface area contributed by atoms with Crippen LogP contribution in [0.2, 0.25) is 0 Å². The molecule has 4 rings (SSSR count). The fraction of sp³-hybridized carbons (Fsp3) is 0.444. The van der Waals surface area contributed by atoms with Crippen molar-refractivity contribution in [1.29, 1.82) is 0 Å². The molecule has 3 aromatic heterocycles. The zero-order valence-electron chi connectivity index (χ0n) is 18.8. The van der Waals surface area contributed by atoms with Gasteiger partial charge in [0.05, 0.1) is 11.4 Å². The lowest BCUT2D eigenvalue weighted by Gasteiger charge is -2.05. The second-order valence-electron chi connectivity index (χ2n) is 8.53. The van der Waals surface area contributed by atoms with Crippen LogP contribution in [0.25, 0.3) is 34.2 Å². The molecule has 6 bridgehead atoms. The number of aryl methyl sites for hydroxylation is 3. The third-order valence-corrected chi connectivity index (χ3v) is 6.27. The average molecular weight is 402 g/mol. The molecule has 0 radical (unpaired) electrons. The molecule has 0 fully saturated rings. The van der Waals surface area contributed by atoms with Crippen molar-refractivity contribution in [2.75, 3.05) is 0 Å². The lowest BCUT2D eigenvalue weighted by molar-refractivity contribution is 0.790. The molecule has 1 aliphatic heterocycles. The van der Waals surface area contributed by atoms with Crippen molar-refractivity contribution in [1.82, 2.24) is 15.0 Å². The molecule has 1 aliphatic rings. The number of unbranched alkanes of at least 4 members (excludes halogenated alkanes) is 3. The Labute approximate surface area is 180 Å². The molecule has 0 aromatic carbocycles. The van der Waals surface area contributed by atoms with Gasteiger partial charge >= 0.3 is 0 Å². The summed E-state index contributed by atoms with van der Waals surface area (Å²) in [5, 5.41) is 0. The standard InChI is InChI=1S/C27H35N3/c1-4-7-10-19-22-13-15-24(28-22)20(11-8-5-2)26-17-18-27(30-26)21(12-9-6-3)25-16-14-23(19)29-25/h13-18,28-29H,4-12H2,1-3H3. The zero-order chi connectivity index (χ0) is 20.9.